The van der Waals surface area contributed by atoms with Gasteiger partial charge in [-0.05, 0) is 19.8 Å². The van der Waals surface area contributed by atoms with Crippen LogP contribution in [0.2, 0.25) is 0 Å². The summed E-state index contributed by atoms with van der Waals surface area (Å²) >= 11 is 1.33. The molecule has 0 N–H and O–H groups in total. The van der Waals surface area contributed by atoms with E-state index in [-0.39, 0.29) is 17.1 Å². The number of carbonyl (C=O) groups is 2. The smallest absolute Gasteiger partial charge is 0.223 e. The van der Waals surface area contributed by atoms with Crippen molar-refractivity contribution >= 4 is 22.8 Å². The molecule has 1 aliphatic rings. The third-order valence-corrected chi connectivity index (χ3v) is 3.43. The third-order valence-electron chi connectivity index (χ3n) is 2.38. The molecule has 0 aromatic carbocycles. The van der Waals surface area contributed by atoms with Gasteiger partial charge in [-0.2, -0.15) is 0 Å². The number of thioether (sulfide) groups is 1. The molecule has 1 rings (SSSR count). The highest BCUT2D eigenvalue weighted by molar-refractivity contribution is 8.13. The topological polar surface area (TPSA) is 37.4 Å². The van der Waals surface area contributed by atoms with E-state index in [2.05, 4.69) is 0 Å². The fraction of sp³-hybridized carbons (Fsp3) is 0.800. The minimum atomic E-state index is 0.139. The van der Waals surface area contributed by atoms with Crippen LogP contribution in [0.25, 0.3) is 0 Å². The fourth-order valence-electron chi connectivity index (χ4n) is 1.65. The van der Waals surface area contributed by atoms with E-state index in [1.54, 1.807) is 6.92 Å². The summed E-state index contributed by atoms with van der Waals surface area (Å²) in [7, 11) is 0. The predicted octanol–water partition coefficient (Wildman–Crippen LogP) is 1.52. The van der Waals surface area contributed by atoms with Gasteiger partial charge in [0, 0.05) is 31.7 Å². The number of likely N-dealkylation sites (tertiary alicyclic amines) is 1. The minimum absolute atomic E-state index is 0.139. The van der Waals surface area contributed by atoms with Crippen LogP contribution in [-0.2, 0) is 9.59 Å². The molecule has 1 unspecified atom stereocenters. The van der Waals surface area contributed by atoms with E-state index in [4.69, 9.17) is 0 Å². The van der Waals surface area contributed by atoms with Gasteiger partial charge in [0.2, 0.25) is 5.91 Å². The molecule has 1 aliphatic heterocycles. The van der Waals surface area contributed by atoms with Gasteiger partial charge < -0.3 is 4.90 Å². The van der Waals surface area contributed by atoms with E-state index in [0.717, 1.165) is 12.3 Å². The maximum atomic E-state index is 11.5. The van der Waals surface area contributed by atoms with E-state index < -0.39 is 0 Å². The van der Waals surface area contributed by atoms with E-state index in [0.29, 0.717) is 12.3 Å². The van der Waals surface area contributed by atoms with Crippen LogP contribution in [0.3, 0.4) is 0 Å². The second-order valence-corrected chi connectivity index (χ2v) is 5.21. The average Bonchev–Trinajstić information content (AvgIpc) is 2.43. The lowest BCUT2D eigenvalue weighted by molar-refractivity contribution is -0.129. The van der Waals surface area contributed by atoms with Gasteiger partial charge in [0.05, 0.1) is 0 Å². The van der Waals surface area contributed by atoms with Crippen LogP contribution in [0, 0.1) is 5.92 Å². The summed E-state index contributed by atoms with van der Waals surface area (Å²) < 4.78 is 0. The van der Waals surface area contributed by atoms with Crippen molar-refractivity contribution in [3.63, 3.8) is 0 Å². The molecule has 1 atom stereocenters. The van der Waals surface area contributed by atoms with E-state index in [1.165, 1.54) is 11.8 Å². The van der Waals surface area contributed by atoms with Gasteiger partial charge in [0.1, 0.15) is 0 Å². The predicted molar refractivity (Wildman–Crippen MR) is 58.1 cm³/mol. The Morgan fingerprint density at radius 3 is 2.71 bits per heavy atom. The van der Waals surface area contributed by atoms with Crippen LogP contribution >= 0.6 is 11.8 Å². The number of nitrogens with zero attached hydrogens (tertiary/aromatic N) is 1. The van der Waals surface area contributed by atoms with Gasteiger partial charge in [-0.15, -0.1) is 0 Å². The maximum Gasteiger partial charge on any atom is 0.223 e. The Labute approximate surface area is 89.2 Å². The van der Waals surface area contributed by atoms with Crippen LogP contribution in [-0.4, -0.2) is 34.3 Å². The van der Waals surface area contributed by atoms with Crippen molar-refractivity contribution in [3.05, 3.63) is 0 Å². The van der Waals surface area contributed by atoms with Crippen LogP contribution < -0.4 is 0 Å². The molecule has 0 saturated carbocycles. The zero-order valence-electron chi connectivity index (χ0n) is 8.95. The van der Waals surface area contributed by atoms with Crippen molar-refractivity contribution in [2.24, 2.45) is 5.92 Å². The van der Waals surface area contributed by atoms with Gasteiger partial charge in [0.15, 0.2) is 5.12 Å². The molecule has 1 heterocycles. The van der Waals surface area contributed by atoms with Crippen LogP contribution in [0.1, 0.15) is 27.2 Å². The van der Waals surface area contributed by atoms with E-state index >= 15 is 0 Å². The van der Waals surface area contributed by atoms with Gasteiger partial charge in [-0.25, -0.2) is 0 Å². The Morgan fingerprint density at radius 2 is 2.29 bits per heavy atom. The summed E-state index contributed by atoms with van der Waals surface area (Å²) in [4.78, 5) is 24.2. The average molecular weight is 215 g/mol. The first-order valence-electron chi connectivity index (χ1n) is 4.93. The highest BCUT2D eigenvalue weighted by Gasteiger charge is 2.30. The third kappa shape index (κ3) is 3.01. The van der Waals surface area contributed by atoms with Crippen LogP contribution in [0.4, 0.5) is 0 Å². The van der Waals surface area contributed by atoms with Gasteiger partial charge in [0.25, 0.3) is 0 Å². The Bertz CT molecular complexity index is 240. The zero-order valence-corrected chi connectivity index (χ0v) is 9.76. The van der Waals surface area contributed by atoms with Crippen molar-refractivity contribution in [2.45, 2.75) is 33.2 Å². The molecule has 1 fully saturated rings. The molecule has 0 aliphatic carbocycles. The first kappa shape index (κ1) is 11.6. The number of rotatable bonds is 3. The van der Waals surface area contributed by atoms with E-state index in [9.17, 15) is 9.59 Å². The summed E-state index contributed by atoms with van der Waals surface area (Å²) in [6.45, 7) is 6.44. The molecule has 1 saturated heterocycles. The fourth-order valence-corrected chi connectivity index (χ4v) is 2.35. The van der Waals surface area contributed by atoms with Crippen molar-refractivity contribution in [1.82, 2.24) is 4.90 Å². The number of carbonyl (C=O) groups excluding carboxylic acids is 2. The number of hydrogen-bond donors (Lipinski definition) is 0. The lowest BCUT2D eigenvalue weighted by Gasteiger charge is -2.20. The number of hydrogen-bond acceptors (Lipinski definition) is 3. The number of amides is 1. The zero-order chi connectivity index (χ0) is 10.7. The second kappa shape index (κ2) is 4.82. The molecule has 80 valence electrons. The van der Waals surface area contributed by atoms with Crippen molar-refractivity contribution in [3.8, 4) is 0 Å². The van der Waals surface area contributed by atoms with Crippen molar-refractivity contribution < 1.29 is 9.59 Å². The molecule has 0 radical (unpaired) electrons. The minimum Gasteiger partial charge on any atom is -0.340 e. The Morgan fingerprint density at radius 1 is 1.64 bits per heavy atom. The molecule has 3 nitrogen and oxygen atoms in total. The van der Waals surface area contributed by atoms with E-state index in [1.807, 2.05) is 18.7 Å². The molecule has 0 spiro atoms. The highest BCUT2D eigenvalue weighted by atomic mass is 32.2. The Kier molecular flexibility index (Phi) is 3.98. The SMILES string of the molecule is CC(=O)SCC1CC(=O)N(C(C)C)C1. The Hall–Kier alpha value is -0.510. The first-order valence-corrected chi connectivity index (χ1v) is 5.92. The molecule has 1 amide bonds. The lowest BCUT2D eigenvalue weighted by Crippen LogP contribution is -2.32. The molecular formula is C10H17NO2S. The monoisotopic (exact) mass is 215 g/mol. The highest BCUT2D eigenvalue weighted by Crippen LogP contribution is 2.23. The molecule has 4 heteroatoms. The summed E-state index contributed by atoms with van der Waals surface area (Å²) in [6.07, 6.45) is 0.610. The summed E-state index contributed by atoms with van der Waals surface area (Å²) in [6, 6.07) is 0.287. The van der Waals surface area contributed by atoms with Crippen molar-refractivity contribution in [2.75, 3.05) is 12.3 Å². The summed E-state index contributed by atoms with van der Waals surface area (Å²) in [5.74, 6) is 1.37. The first-order chi connectivity index (χ1) is 6.50. The van der Waals surface area contributed by atoms with Crippen molar-refractivity contribution in [1.29, 1.82) is 0 Å². The largest absolute Gasteiger partial charge is 0.340 e. The molecule has 0 bridgehead atoms. The molecule has 0 aromatic rings. The summed E-state index contributed by atoms with van der Waals surface area (Å²) in [5, 5.41) is 0.139. The second-order valence-electron chi connectivity index (χ2n) is 4.01. The molecular weight excluding hydrogens is 198 g/mol. The molecule has 14 heavy (non-hydrogen) atoms. The lowest BCUT2D eigenvalue weighted by atomic mass is 10.1. The quantitative estimate of drug-likeness (QED) is 0.716. The maximum absolute atomic E-state index is 11.5. The standard InChI is InChI=1S/C10H17NO2S/c1-7(2)11-5-9(4-10(11)13)6-14-8(3)12/h7,9H,4-6H2,1-3H3. The van der Waals surface area contributed by atoms with Gasteiger partial charge in [-0.3, -0.25) is 9.59 Å². The van der Waals surface area contributed by atoms with Gasteiger partial charge >= 0.3 is 0 Å². The van der Waals surface area contributed by atoms with Gasteiger partial charge in [-0.1, -0.05) is 11.8 Å². The normalized spacial score (nSPS) is 22.1. The molecule has 0 aromatic heterocycles. The van der Waals surface area contributed by atoms with Crippen LogP contribution in [0.15, 0.2) is 0 Å². The van der Waals surface area contributed by atoms with Crippen LogP contribution in [0.5, 0.6) is 0 Å². The Balaban J connectivity index is 2.39. The summed E-state index contributed by atoms with van der Waals surface area (Å²) in [5.41, 5.74) is 0.